The summed E-state index contributed by atoms with van der Waals surface area (Å²) < 4.78 is 7.15. The average molecular weight is 297 g/mol. The fourth-order valence-corrected chi connectivity index (χ4v) is 3.50. The zero-order chi connectivity index (χ0) is 14.1. The number of benzene rings is 1. The molecule has 1 aliphatic heterocycles. The molecule has 1 fully saturated rings. The Bertz CT molecular complexity index is 751. The molecule has 4 nitrogen and oxygen atoms in total. The molecule has 21 heavy (non-hydrogen) atoms. The number of thiazole rings is 1. The summed E-state index contributed by atoms with van der Waals surface area (Å²) >= 11 is 1.68. The van der Waals surface area contributed by atoms with E-state index < -0.39 is 0 Å². The number of fused-ring (bicyclic) bond motifs is 1. The summed E-state index contributed by atoms with van der Waals surface area (Å²) in [5, 5.41) is 4.31. The second kappa shape index (κ2) is 5.42. The van der Waals surface area contributed by atoms with Crippen LogP contribution in [0.5, 0.6) is 5.75 Å². The van der Waals surface area contributed by atoms with E-state index in [4.69, 9.17) is 4.74 Å². The molecule has 1 N–H and O–H groups in total. The van der Waals surface area contributed by atoms with E-state index in [0.29, 0.717) is 0 Å². The minimum atomic E-state index is 0.285. The number of nitrogens with zero attached hydrogens (tertiary/aromatic N) is 2. The first kappa shape index (κ1) is 12.7. The van der Waals surface area contributed by atoms with Gasteiger partial charge in [0.15, 0.2) is 0 Å². The molecular formula is C16H15N3OS. The summed E-state index contributed by atoms with van der Waals surface area (Å²) in [4.78, 5) is 8.82. The third-order valence-corrected chi connectivity index (χ3v) is 4.65. The van der Waals surface area contributed by atoms with E-state index >= 15 is 0 Å². The van der Waals surface area contributed by atoms with E-state index in [-0.39, 0.29) is 6.10 Å². The largest absolute Gasteiger partial charge is 0.489 e. The van der Waals surface area contributed by atoms with Crippen molar-refractivity contribution < 1.29 is 4.74 Å². The number of hydrogen-bond donors (Lipinski definition) is 1. The molecule has 106 valence electrons. The molecule has 1 aromatic carbocycles. The van der Waals surface area contributed by atoms with Gasteiger partial charge in [-0.15, -0.1) is 11.3 Å². The highest BCUT2D eigenvalue weighted by molar-refractivity contribution is 7.21. The molecule has 0 saturated carbocycles. The Hall–Kier alpha value is -1.98. The van der Waals surface area contributed by atoms with E-state index in [1.165, 1.54) is 0 Å². The van der Waals surface area contributed by atoms with Gasteiger partial charge in [-0.3, -0.25) is 4.98 Å². The van der Waals surface area contributed by atoms with Crippen molar-refractivity contribution >= 4 is 21.6 Å². The van der Waals surface area contributed by atoms with Gasteiger partial charge >= 0.3 is 0 Å². The summed E-state index contributed by atoms with van der Waals surface area (Å²) in [6, 6.07) is 10.1. The van der Waals surface area contributed by atoms with E-state index in [1.54, 1.807) is 17.5 Å². The lowest BCUT2D eigenvalue weighted by Gasteiger charge is -2.11. The lowest BCUT2D eigenvalue weighted by molar-refractivity contribution is 0.223. The van der Waals surface area contributed by atoms with Crippen molar-refractivity contribution in [3.8, 4) is 16.3 Å². The summed E-state index contributed by atoms with van der Waals surface area (Å²) in [5.41, 5.74) is 2.07. The van der Waals surface area contributed by atoms with Crippen LogP contribution < -0.4 is 10.1 Å². The zero-order valence-corrected chi connectivity index (χ0v) is 12.3. The number of rotatable bonds is 3. The van der Waals surface area contributed by atoms with Gasteiger partial charge in [0, 0.05) is 24.5 Å². The van der Waals surface area contributed by atoms with Crippen molar-refractivity contribution in [3.63, 3.8) is 0 Å². The second-order valence-corrected chi connectivity index (χ2v) is 6.15. The highest BCUT2D eigenvalue weighted by Gasteiger charge is 2.16. The van der Waals surface area contributed by atoms with Gasteiger partial charge in [0.25, 0.3) is 0 Å². The zero-order valence-electron chi connectivity index (χ0n) is 11.5. The third kappa shape index (κ3) is 2.62. The van der Waals surface area contributed by atoms with Gasteiger partial charge in [-0.05, 0) is 43.3 Å². The molecule has 1 atom stereocenters. The molecule has 0 radical (unpaired) electrons. The number of aromatic nitrogens is 2. The van der Waals surface area contributed by atoms with E-state index in [0.717, 1.165) is 46.0 Å². The molecule has 3 aromatic rings. The average Bonchev–Trinajstić information content (AvgIpc) is 3.17. The van der Waals surface area contributed by atoms with Crippen LogP contribution in [0.15, 0.2) is 42.7 Å². The van der Waals surface area contributed by atoms with Crippen molar-refractivity contribution in [3.05, 3.63) is 42.7 Å². The first-order chi connectivity index (χ1) is 10.4. The molecule has 0 aliphatic carbocycles. The monoisotopic (exact) mass is 297 g/mol. The third-order valence-electron chi connectivity index (χ3n) is 3.59. The van der Waals surface area contributed by atoms with Crippen molar-refractivity contribution in [1.29, 1.82) is 0 Å². The number of ether oxygens (including phenoxy) is 1. The van der Waals surface area contributed by atoms with Gasteiger partial charge < -0.3 is 10.1 Å². The Labute approximate surface area is 126 Å². The molecule has 1 saturated heterocycles. The standard InChI is InChI=1S/C16H15N3OS/c1-2-11(9-17-6-1)16-19-14-4-3-12(8-15(14)21-16)20-13-5-7-18-10-13/h1-4,6,8-9,13,18H,5,7,10H2. The van der Waals surface area contributed by atoms with Crippen LogP contribution in [0.4, 0.5) is 0 Å². The van der Waals surface area contributed by atoms with Crippen LogP contribution in [0.3, 0.4) is 0 Å². The number of hydrogen-bond acceptors (Lipinski definition) is 5. The molecular weight excluding hydrogens is 282 g/mol. The minimum absolute atomic E-state index is 0.285. The van der Waals surface area contributed by atoms with Crippen LogP contribution in [-0.4, -0.2) is 29.2 Å². The number of pyridine rings is 1. The maximum Gasteiger partial charge on any atom is 0.126 e. The first-order valence-corrected chi connectivity index (χ1v) is 7.88. The van der Waals surface area contributed by atoms with Crippen molar-refractivity contribution in [2.75, 3.05) is 13.1 Å². The van der Waals surface area contributed by atoms with Gasteiger partial charge in [0.2, 0.25) is 0 Å². The molecule has 0 bridgehead atoms. The minimum Gasteiger partial charge on any atom is -0.489 e. The van der Waals surface area contributed by atoms with Crippen LogP contribution >= 0.6 is 11.3 Å². The van der Waals surface area contributed by atoms with Gasteiger partial charge in [-0.2, -0.15) is 0 Å². The Morgan fingerprint density at radius 2 is 2.29 bits per heavy atom. The normalized spacial score (nSPS) is 18.2. The fraction of sp³-hybridized carbons (Fsp3) is 0.250. The quantitative estimate of drug-likeness (QED) is 0.807. The van der Waals surface area contributed by atoms with Crippen molar-refractivity contribution in [1.82, 2.24) is 15.3 Å². The maximum atomic E-state index is 6.00. The van der Waals surface area contributed by atoms with Gasteiger partial charge in [-0.1, -0.05) is 0 Å². The van der Waals surface area contributed by atoms with Crippen LogP contribution in [0.2, 0.25) is 0 Å². The fourth-order valence-electron chi connectivity index (χ4n) is 2.51. The highest BCUT2D eigenvalue weighted by Crippen LogP contribution is 2.32. The van der Waals surface area contributed by atoms with E-state index in [2.05, 4.69) is 21.4 Å². The molecule has 0 amide bonds. The van der Waals surface area contributed by atoms with E-state index in [9.17, 15) is 0 Å². The van der Waals surface area contributed by atoms with Gasteiger partial charge in [0.05, 0.1) is 10.2 Å². The molecule has 0 spiro atoms. The Morgan fingerprint density at radius 3 is 3.10 bits per heavy atom. The van der Waals surface area contributed by atoms with Crippen molar-refractivity contribution in [2.45, 2.75) is 12.5 Å². The topological polar surface area (TPSA) is 47.0 Å². The van der Waals surface area contributed by atoms with Crippen LogP contribution in [0.1, 0.15) is 6.42 Å². The summed E-state index contributed by atoms with van der Waals surface area (Å²) in [6.07, 6.45) is 4.98. The van der Waals surface area contributed by atoms with Crippen LogP contribution in [0, 0.1) is 0 Å². The molecule has 4 rings (SSSR count). The molecule has 1 aliphatic rings. The Morgan fingerprint density at radius 1 is 1.29 bits per heavy atom. The molecule has 2 aromatic heterocycles. The lowest BCUT2D eigenvalue weighted by atomic mass is 10.3. The Balaban J connectivity index is 1.65. The van der Waals surface area contributed by atoms with Crippen LogP contribution in [0.25, 0.3) is 20.8 Å². The number of nitrogens with one attached hydrogen (secondary N) is 1. The molecule has 1 unspecified atom stereocenters. The first-order valence-electron chi connectivity index (χ1n) is 7.07. The Kier molecular flexibility index (Phi) is 3.29. The smallest absolute Gasteiger partial charge is 0.126 e. The predicted octanol–water partition coefficient (Wildman–Crippen LogP) is 3.10. The SMILES string of the molecule is c1cncc(-c2nc3ccc(OC4CCNC4)cc3s2)c1. The van der Waals surface area contributed by atoms with Crippen molar-refractivity contribution in [2.24, 2.45) is 0 Å². The summed E-state index contributed by atoms with van der Waals surface area (Å²) in [6.45, 7) is 1.97. The summed E-state index contributed by atoms with van der Waals surface area (Å²) in [7, 11) is 0. The lowest BCUT2D eigenvalue weighted by Crippen LogP contribution is -2.19. The van der Waals surface area contributed by atoms with E-state index in [1.807, 2.05) is 30.5 Å². The molecule has 3 heterocycles. The second-order valence-electron chi connectivity index (χ2n) is 5.12. The summed E-state index contributed by atoms with van der Waals surface area (Å²) in [5.74, 6) is 0.928. The van der Waals surface area contributed by atoms with Gasteiger partial charge in [-0.25, -0.2) is 4.98 Å². The molecule has 5 heteroatoms. The van der Waals surface area contributed by atoms with Gasteiger partial charge in [0.1, 0.15) is 16.9 Å². The predicted molar refractivity (Wildman–Crippen MR) is 84.8 cm³/mol. The van der Waals surface area contributed by atoms with Crippen LogP contribution in [-0.2, 0) is 0 Å². The highest BCUT2D eigenvalue weighted by atomic mass is 32.1. The maximum absolute atomic E-state index is 6.00.